The number of anilines is 5. The molecular formula is C96H134FN9O14S7. The van der Waals surface area contributed by atoms with Crippen molar-refractivity contribution in [1.29, 1.82) is 0 Å². The number of unbranched alkanes of at least 4 members (excludes halogenated alkanes) is 1. The Morgan fingerprint density at radius 1 is 0.457 bits per heavy atom. The molecule has 0 radical (unpaired) electrons. The maximum absolute atomic E-state index is 13.9. The number of carbonyl (C=O) groups is 2. The van der Waals surface area contributed by atoms with E-state index in [4.69, 9.17) is 5.73 Å². The summed E-state index contributed by atoms with van der Waals surface area (Å²) in [4.78, 5) is 57.4. The molecule has 0 bridgehead atoms. The van der Waals surface area contributed by atoms with E-state index in [1.807, 2.05) is 79.1 Å². The number of nitrogens with one attached hydrogen (secondary N) is 2. The molecule has 8 aromatic carbocycles. The SMILES string of the molecule is CSCCCCc1ccc([N+](=O)[O-])cc1.CSCCCN(c1ccc(N)cc1)S(=O)(=O)c1ccc(C(C)(C)C)cc1.CSCCCN(c1ccc(NC(=O)N[C@H](CC2CCCCC2)C(=O)CC(C)CCCC(C)C)cc1)S(=O)(=O)c1ccc(C(C)(C)C)cc1.CSCCCN(c1ccc([N+](=O)[O-])cc1)S(=O)(=O)c1ccc(C(C)(C)C)cc1.O=[N+]([O-])c1ccc(F)cc1. The Kier molecular flexibility index (Phi) is 45.8. The number of nitrogens with zero attached hydrogens (tertiary/aromatic N) is 6. The molecule has 31 heteroatoms. The number of amides is 2. The second kappa shape index (κ2) is 53.4. The molecule has 2 atom stereocenters. The zero-order chi connectivity index (χ0) is 94.3. The molecule has 4 N–H and O–H groups in total. The summed E-state index contributed by atoms with van der Waals surface area (Å²) < 4.78 is 97.2. The van der Waals surface area contributed by atoms with E-state index in [0.29, 0.717) is 90.5 Å². The van der Waals surface area contributed by atoms with E-state index in [1.54, 1.807) is 132 Å². The third kappa shape index (κ3) is 37.3. The molecule has 8 aromatic rings. The normalized spacial score (nSPS) is 13.0. The van der Waals surface area contributed by atoms with Crippen molar-refractivity contribution in [3.8, 4) is 0 Å². The van der Waals surface area contributed by atoms with Gasteiger partial charge >= 0.3 is 6.03 Å². The zero-order valence-corrected chi connectivity index (χ0v) is 82.5. The number of Topliss-reactive ketones (excluding diaryl/α,β-unsaturated/α-hetero) is 1. The van der Waals surface area contributed by atoms with Crippen LogP contribution in [-0.4, -0.2) is 126 Å². The van der Waals surface area contributed by atoms with Gasteiger partial charge in [-0.2, -0.15) is 47.0 Å². The summed E-state index contributed by atoms with van der Waals surface area (Å²) in [6, 6.07) is 51.1. The van der Waals surface area contributed by atoms with Crippen molar-refractivity contribution >= 4 is 134 Å². The number of nitrogen functional groups attached to an aromatic ring is 1. The molecule has 9 rings (SSSR count). The van der Waals surface area contributed by atoms with Crippen LogP contribution in [0, 0.1) is 53.9 Å². The Hall–Kier alpha value is -8.72. The minimum absolute atomic E-state index is 0.0166. The minimum atomic E-state index is -3.81. The van der Waals surface area contributed by atoms with Gasteiger partial charge in [0, 0.05) is 73.8 Å². The Balaban J connectivity index is 0.000000308. The second-order valence-electron chi connectivity index (χ2n) is 35.1. The van der Waals surface area contributed by atoms with Crippen LogP contribution in [0.25, 0.3) is 0 Å². The van der Waals surface area contributed by atoms with Crippen molar-refractivity contribution in [3.05, 3.63) is 253 Å². The molecule has 0 heterocycles. The van der Waals surface area contributed by atoms with Crippen molar-refractivity contribution in [2.75, 3.05) is 91.6 Å². The van der Waals surface area contributed by atoms with Gasteiger partial charge in [0.1, 0.15) is 5.82 Å². The first-order valence-electron chi connectivity index (χ1n) is 43.2. The number of nitrogens with two attached hydrogens (primary N) is 1. The average Bonchev–Trinajstić information content (AvgIpc) is 0.794. The number of urea groups is 1. The topological polar surface area (TPSA) is 326 Å². The van der Waals surface area contributed by atoms with E-state index in [0.717, 1.165) is 110 Å². The van der Waals surface area contributed by atoms with Gasteiger partial charge in [0.15, 0.2) is 5.78 Å². The fourth-order valence-electron chi connectivity index (χ4n) is 13.8. The molecule has 127 heavy (non-hydrogen) atoms. The molecule has 696 valence electrons. The molecule has 0 aliphatic heterocycles. The van der Waals surface area contributed by atoms with E-state index in [1.165, 1.54) is 74.2 Å². The van der Waals surface area contributed by atoms with E-state index in [2.05, 4.69) is 100.0 Å². The van der Waals surface area contributed by atoms with Crippen molar-refractivity contribution in [2.24, 2.45) is 17.8 Å². The highest BCUT2D eigenvalue weighted by molar-refractivity contribution is 7.99. The predicted octanol–water partition coefficient (Wildman–Crippen LogP) is 24.2. The fourth-order valence-corrected chi connectivity index (χ4v) is 20.1. The number of nitro benzene ring substituents is 3. The first-order valence-corrected chi connectivity index (χ1v) is 53.1. The number of non-ortho nitro benzene ring substituents is 3. The maximum Gasteiger partial charge on any atom is 0.319 e. The third-order valence-corrected chi connectivity index (χ3v) is 29.6. The average molecular weight is 1880 g/mol. The number of aryl methyl sites for hydroxylation is 1. The molecule has 1 aliphatic rings. The highest BCUT2D eigenvalue weighted by Crippen LogP contribution is 2.35. The summed E-state index contributed by atoms with van der Waals surface area (Å²) in [7, 11) is -11.2. The summed E-state index contributed by atoms with van der Waals surface area (Å²) in [6.07, 6.45) is 23.9. The Bertz CT molecular complexity index is 5020. The molecule has 2 amide bonds. The van der Waals surface area contributed by atoms with Gasteiger partial charge in [-0.05, 0) is 258 Å². The largest absolute Gasteiger partial charge is 0.399 e. The van der Waals surface area contributed by atoms with Crippen molar-refractivity contribution < 1.29 is 54.0 Å². The lowest BCUT2D eigenvalue weighted by atomic mass is 9.82. The lowest BCUT2D eigenvalue weighted by molar-refractivity contribution is -0.385. The summed E-state index contributed by atoms with van der Waals surface area (Å²) in [5, 5.41) is 37.2. The molecule has 1 aliphatic carbocycles. The number of nitro groups is 3. The van der Waals surface area contributed by atoms with Crippen molar-refractivity contribution in [1.82, 2.24) is 5.32 Å². The number of hydrogen-bond acceptors (Lipinski definition) is 19. The Morgan fingerprint density at radius 2 is 0.795 bits per heavy atom. The second-order valence-corrected chi connectivity index (χ2v) is 44.6. The standard InChI is InChI=1S/C39H61N3O4S2.C20H26N2O4S2.C20H28N2O2S2.C11H15NO2S.C6H4FNO2/c1-29(2)13-11-14-30(3)27-37(43)36(28-31-15-9-8-10-16-31)41-38(44)40-33-19-21-34(22-20-33)42(25-12-26-47-7)48(45,46)35-23-17-32(18-24-35)39(4,5)6;1-20(2,3)16-6-12-19(13-7-16)28(25,26)21(14-5-15-27-4)17-8-10-18(11-9-17)22(23)24;1-20(2,3)16-6-12-19(13-7-16)26(23,24)22(14-5-15-25-4)18-10-8-17(21)9-11-18;1-15-9-3-2-4-10-5-7-11(8-6-10)12(13)14;7-5-1-3-6(4-2-5)8(9)10/h17-24,29-31,36H,8-16,25-28H2,1-7H3,(H2,40,41,44);6-13H,5,14-15H2,1-4H3;6-13H,5,14-15,21H2,1-4H3;5-8H,2-4,9H2,1H3;1-4H/t30?,36-;;;;/m1..../s1. The van der Waals surface area contributed by atoms with Crippen LogP contribution < -0.4 is 29.3 Å². The number of rotatable bonds is 40. The first kappa shape index (κ1) is 109. The Labute approximate surface area is 772 Å². The van der Waals surface area contributed by atoms with Gasteiger partial charge in [0.25, 0.3) is 47.1 Å². The monoisotopic (exact) mass is 1880 g/mol. The van der Waals surface area contributed by atoms with Crippen LogP contribution in [0.1, 0.15) is 202 Å². The van der Waals surface area contributed by atoms with Crippen molar-refractivity contribution in [3.63, 3.8) is 0 Å². The maximum atomic E-state index is 13.9. The van der Waals surface area contributed by atoms with E-state index in [-0.39, 0.29) is 59.7 Å². The number of hydrogen-bond donors (Lipinski definition) is 3. The molecule has 1 fully saturated rings. The van der Waals surface area contributed by atoms with Gasteiger partial charge in [-0.15, -0.1) is 0 Å². The third-order valence-electron chi connectivity index (χ3n) is 21.3. The summed E-state index contributed by atoms with van der Waals surface area (Å²) in [5.41, 5.74) is 12.8. The predicted molar refractivity (Wildman–Crippen MR) is 530 cm³/mol. The summed E-state index contributed by atoms with van der Waals surface area (Å²) >= 11 is 6.89. The zero-order valence-electron chi connectivity index (χ0n) is 76.8. The summed E-state index contributed by atoms with van der Waals surface area (Å²) in [6.45, 7) is 26.5. The van der Waals surface area contributed by atoms with Gasteiger partial charge in [-0.3, -0.25) is 48.1 Å². The number of sulfonamides is 3. The van der Waals surface area contributed by atoms with Crippen LogP contribution in [0.15, 0.2) is 209 Å². The van der Waals surface area contributed by atoms with Crippen molar-refractivity contribution in [2.45, 2.75) is 223 Å². The number of carbonyl (C=O) groups excluding carboxylic acids is 2. The first-order chi connectivity index (χ1) is 59.9. The lowest BCUT2D eigenvalue weighted by Gasteiger charge is -2.27. The smallest absolute Gasteiger partial charge is 0.319 e. The minimum Gasteiger partial charge on any atom is -0.399 e. The molecule has 23 nitrogen and oxygen atoms in total. The molecule has 0 aromatic heterocycles. The number of benzene rings is 8. The van der Waals surface area contributed by atoms with Gasteiger partial charge < -0.3 is 16.4 Å². The fraction of sp³-hybridized carbons (Fsp3) is 0.479. The van der Waals surface area contributed by atoms with E-state index in [9.17, 15) is 69.6 Å². The highest BCUT2D eigenvalue weighted by atomic mass is 32.2. The van der Waals surface area contributed by atoms with Crippen LogP contribution in [0.2, 0.25) is 0 Å². The number of thioether (sulfide) groups is 4. The molecule has 0 saturated heterocycles. The lowest BCUT2D eigenvalue weighted by Crippen LogP contribution is -2.44. The van der Waals surface area contributed by atoms with Crippen LogP contribution in [0.3, 0.4) is 0 Å². The quantitative estimate of drug-likeness (QED) is 0.0139. The van der Waals surface area contributed by atoms with E-state index >= 15 is 0 Å². The van der Waals surface area contributed by atoms with Crippen LogP contribution in [-0.2, 0) is 57.5 Å². The molecular weight excluding hydrogens is 1750 g/mol. The van der Waals surface area contributed by atoms with Gasteiger partial charge in [-0.1, -0.05) is 183 Å². The molecule has 1 saturated carbocycles. The number of halogens is 1. The van der Waals surface area contributed by atoms with Gasteiger partial charge in [0.2, 0.25) is 0 Å². The van der Waals surface area contributed by atoms with Crippen LogP contribution in [0.5, 0.6) is 0 Å². The number of ketones is 1. The van der Waals surface area contributed by atoms with Gasteiger partial charge in [-0.25, -0.2) is 34.4 Å². The highest BCUT2D eigenvalue weighted by Gasteiger charge is 2.32. The Morgan fingerprint density at radius 3 is 1.14 bits per heavy atom. The van der Waals surface area contributed by atoms with E-state index < -0.39 is 57.8 Å². The molecule has 0 spiro atoms. The van der Waals surface area contributed by atoms with Crippen LogP contribution >= 0.6 is 47.0 Å². The molecule has 1 unspecified atom stereocenters. The van der Waals surface area contributed by atoms with Gasteiger partial charge in [0.05, 0.1) is 52.6 Å². The summed E-state index contributed by atoms with van der Waals surface area (Å²) in [5.74, 6) is 4.80. The van der Waals surface area contributed by atoms with Crippen LogP contribution in [0.4, 0.5) is 54.7 Å².